The molecule has 0 amide bonds. The molecule has 2 rings (SSSR count). The van der Waals surface area contributed by atoms with Gasteiger partial charge < -0.3 is 10.4 Å². The summed E-state index contributed by atoms with van der Waals surface area (Å²) in [6.45, 7) is 0.669. The second kappa shape index (κ2) is 4.31. The molecule has 0 aliphatic heterocycles. The molecule has 0 saturated carbocycles. The highest BCUT2D eigenvalue weighted by molar-refractivity contribution is 7.09. The Morgan fingerprint density at radius 2 is 2.20 bits per heavy atom. The third kappa shape index (κ3) is 2.47. The summed E-state index contributed by atoms with van der Waals surface area (Å²) in [5, 5.41) is 14.1. The van der Waals surface area contributed by atoms with E-state index in [1.54, 1.807) is 17.4 Å². The zero-order valence-corrected chi connectivity index (χ0v) is 8.72. The molecule has 0 bridgehead atoms. The second-order valence-corrected chi connectivity index (χ2v) is 4.13. The lowest BCUT2D eigenvalue weighted by atomic mass is 10.3. The number of nitrogens with one attached hydrogen (secondary N) is 1. The van der Waals surface area contributed by atoms with E-state index in [0.29, 0.717) is 12.2 Å². The number of aromatic hydroxyl groups is 1. The standard InChI is InChI=1S/C11H10FNOS/c12-10-6-8(3-4-11(10)14)13-7-9-2-1-5-15-9/h1-6,13-14H,7H2. The molecule has 15 heavy (non-hydrogen) atoms. The Morgan fingerprint density at radius 3 is 2.87 bits per heavy atom. The summed E-state index contributed by atoms with van der Waals surface area (Å²) >= 11 is 1.64. The second-order valence-electron chi connectivity index (χ2n) is 3.10. The van der Waals surface area contributed by atoms with Gasteiger partial charge >= 0.3 is 0 Å². The molecule has 0 radical (unpaired) electrons. The molecular weight excluding hydrogens is 213 g/mol. The molecule has 1 aromatic carbocycles. The van der Waals surface area contributed by atoms with Gasteiger partial charge in [-0.15, -0.1) is 11.3 Å². The maximum atomic E-state index is 13.0. The fourth-order valence-electron chi connectivity index (χ4n) is 1.22. The Labute approximate surface area is 91.0 Å². The van der Waals surface area contributed by atoms with Crippen molar-refractivity contribution in [1.82, 2.24) is 0 Å². The molecule has 0 aliphatic carbocycles. The van der Waals surface area contributed by atoms with Crippen LogP contribution in [0.15, 0.2) is 35.7 Å². The van der Waals surface area contributed by atoms with E-state index >= 15 is 0 Å². The van der Waals surface area contributed by atoms with Crippen LogP contribution in [0, 0.1) is 5.82 Å². The van der Waals surface area contributed by atoms with Crippen LogP contribution in [-0.4, -0.2) is 5.11 Å². The number of hydrogen-bond acceptors (Lipinski definition) is 3. The Hall–Kier alpha value is -1.55. The van der Waals surface area contributed by atoms with Crippen LogP contribution in [0.1, 0.15) is 4.88 Å². The molecule has 4 heteroatoms. The van der Waals surface area contributed by atoms with Crippen LogP contribution in [-0.2, 0) is 6.54 Å². The molecule has 0 aliphatic rings. The number of benzene rings is 1. The lowest BCUT2D eigenvalue weighted by molar-refractivity contribution is 0.432. The third-order valence-electron chi connectivity index (χ3n) is 1.99. The van der Waals surface area contributed by atoms with E-state index in [2.05, 4.69) is 5.32 Å². The van der Waals surface area contributed by atoms with Gasteiger partial charge in [-0.25, -0.2) is 4.39 Å². The Balaban J connectivity index is 2.02. The summed E-state index contributed by atoms with van der Waals surface area (Å²) in [4.78, 5) is 1.18. The summed E-state index contributed by atoms with van der Waals surface area (Å²) in [5.41, 5.74) is 0.665. The van der Waals surface area contributed by atoms with Crippen LogP contribution < -0.4 is 5.32 Å². The minimum atomic E-state index is -0.605. The van der Waals surface area contributed by atoms with E-state index in [-0.39, 0.29) is 5.75 Å². The largest absolute Gasteiger partial charge is 0.505 e. The molecule has 2 N–H and O–H groups in total. The summed E-state index contributed by atoms with van der Waals surface area (Å²) in [6.07, 6.45) is 0. The van der Waals surface area contributed by atoms with Crippen LogP contribution in [0.2, 0.25) is 0 Å². The molecule has 0 atom stereocenters. The Bertz CT molecular complexity index is 442. The first-order chi connectivity index (χ1) is 7.25. The highest BCUT2D eigenvalue weighted by atomic mass is 32.1. The van der Waals surface area contributed by atoms with Crippen molar-refractivity contribution in [2.45, 2.75) is 6.54 Å². The lowest BCUT2D eigenvalue weighted by Crippen LogP contribution is -1.97. The van der Waals surface area contributed by atoms with E-state index in [9.17, 15) is 4.39 Å². The number of thiophene rings is 1. The number of anilines is 1. The van der Waals surface area contributed by atoms with Gasteiger partial charge in [-0.3, -0.25) is 0 Å². The van der Waals surface area contributed by atoms with E-state index in [1.807, 2.05) is 17.5 Å². The van der Waals surface area contributed by atoms with E-state index < -0.39 is 5.82 Å². The molecular formula is C11H10FNOS. The van der Waals surface area contributed by atoms with Crippen molar-refractivity contribution in [1.29, 1.82) is 0 Å². The van der Waals surface area contributed by atoms with Gasteiger partial charge in [-0.1, -0.05) is 6.07 Å². The number of rotatable bonds is 3. The molecule has 1 aromatic heterocycles. The Morgan fingerprint density at radius 1 is 1.33 bits per heavy atom. The first-order valence-electron chi connectivity index (χ1n) is 4.50. The van der Waals surface area contributed by atoms with Gasteiger partial charge in [0.15, 0.2) is 11.6 Å². The van der Waals surface area contributed by atoms with E-state index in [4.69, 9.17) is 5.11 Å². The predicted molar refractivity (Wildman–Crippen MR) is 59.7 cm³/mol. The smallest absolute Gasteiger partial charge is 0.166 e. The van der Waals surface area contributed by atoms with Crippen LogP contribution in [0.25, 0.3) is 0 Å². The summed E-state index contributed by atoms with van der Waals surface area (Å²) in [6, 6.07) is 8.24. The van der Waals surface area contributed by atoms with E-state index in [1.165, 1.54) is 17.0 Å². The monoisotopic (exact) mass is 223 g/mol. The summed E-state index contributed by atoms with van der Waals surface area (Å²) in [7, 11) is 0. The zero-order chi connectivity index (χ0) is 10.7. The molecule has 0 saturated heterocycles. The fraction of sp³-hybridized carbons (Fsp3) is 0.0909. The quantitative estimate of drug-likeness (QED) is 0.783. The highest BCUT2D eigenvalue weighted by Gasteiger charge is 2.01. The molecule has 2 nitrogen and oxygen atoms in total. The lowest BCUT2D eigenvalue weighted by Gasteiger charge is -2.05. The van der Waals surface area contributed by atoms with Crippen LogP contribution in [0.5, 0.6) is 5.75 Å². The van der Waals surface area contributed by atoms with Gasteiger partial charge in [0.05, 0.1) is 0 Å². The van der Waals surface area contributed by atoms with Crippen molar-refractivity contribution in [3.8, 4) is 5.75 Å². The van der Waals surface area contributed by atoms with Crippen molar-refractivity contribution in [2.75, 3.05) is 5.32 Å². The Kier molecular flexibility index (Phi) is 2.87. The maximum Gasteiger partial charge on any atom is 0.166 e. The number of phenols is 1. The number of halogens is 1. The van der Waals surface area contributed by atoms with Crippen molar-refractivity contribution in [3.05, 3.63) is 46.4 Å². The fourth-order valence-corrected chi connectivity index (χ4v) is 1.86. The number of hydrogen-bond donors (Lipinski definition) is 2. The predicted octanol–water partition coefficient (Wildman–Crippen LogP) is 3.20. The summed E-state index contributed by atoms with van der Waals surface area (Å²) in [5.74, 6) is -0.928. The molecule has 1 heterocycles. The SMILES string of the molecule is Oc1ccc(NCc2cccs2)cc1F. The van der Waals surface area contributed by atoms with Gasteiger partial charge in [0.25, 0.3) is 0 Å². The van der Waals surface area contributed by atoms with Crippen LogP contribution in [0.4, 0.5) is 10.1 Å². The van der Waals surface area contributed by atoms with Gasteiger partial charge in [0.2, 0.25) is 0 Å². The average molecular weight is 223 g/mol. The van der Waals surface area contributed by atoms with E-state index in [0.717, 1.165) is 0 Å². The molecule has 0 unspecified atom stereocenters. The summed E-state index contributed by atoms with van der Waals surface area (Å²) < 4.78 is 13.0. The normalized spacial score (nSPS) is 10.2. The van der Waals surface area contributed by atoms with Gasteiger partial charge in [0, 0.05) is 23.2 Å². The van der Waals surface area contributed by atoms with Gasteiger partial charge in [0.1, 0.15) is 0 Å². The number of phenolic OH excluding ortho intramolecular Hbond substituents is 1. The first kappa shape index (κ1) is 9.98. The minimum Gasteiger partial charge on any atom is -0.505 e. The van der Waals surface area contributed by atoms with Gasteiger partial charge in [-0.2, -0.15) is 0 Å². The average Bonchev–Trinajstić information content (AvgIpc) is 2.73. The molecule has 0 spiro atoms. The van der Waals surface area contributed by atoms with Crippen LogP contribution in [0.3, 0.4) is 0 Å². The van der Waals surface area contributed by atoms with Crippen molar-refractivity contribution in [2.24, 2.45) is 0 Å². The van der Waals surface area contributed by atoms with Crippen molar-refractivity contribution < 1.29 is 9.50 Å². The van der Waals surface area contributed by atoms with Gasteiger partial charge in [-0.05, 0) is 23.6 Å². The topological polar surface area (TPSA) is 32.3 Å². The molecule has 0 fully saturated rings. The molecule has 2 aromatic rings. The maximum absolute atomic E-state index is 13.0. The zero-order valence-electron chi connectivity index (χ0n) is 7.90. The minimum absolute atomic E-state index is 0.323. The third-order valence-corrected chi connectivity index (χ3v) is 2.87. The van der Waals surface area contributed by atoms with Crippen LogP contribution >= 0.6 is 11.3 Å². The molecule has 78 valence electrons. The van der Waals surface area contributed by atoms with Crippen molar-refractivity contribution >= 4 is 17.0 Å². The van der Waals surface area contributed by atoms with Crippen molar-refractivity contribution in [3.63, 3.8) is 0 Å². The first-order valence-corrected chi connectivity index (χ1v) is 5.38. The highest BCUT2D eigenvalue weighted by Crippen LogP contribution is 2.20.